The van der Waals surface area contributed by atoms with Crippen LogP contribution >= 0.6 is 22.7 Å². The molecule has 0 unspecified atom stereocenters. The van der Waals surface area contributed by atoms with E-state index in [9.17, 15) is 10.1 Å². The molecule has 19 heavy (non-hydrogen) atoms. The zero-order valence-electron chi connectivity index (χ0n) is 9.99. The van der Waals surface area contributed by atoms with Crippen molar-refractivity contribution in [1.29, 1.82) is 0 Å². The van der Waals surface area contributed by atoms with Crippen molar-refractivity contribution < 1.29 is 4.92 Å². The monoisotopic (exact) mass is 294 g/mol. The highest BCUT2D eigenvalue weighted by Crippen LogP contribution is 2.29. The van der Waals surface area contributed by atoms with Gasteiger partial charge >= 0.3 is 5.82 Å². The first-order valence-corrected chi connectivity index (χ1v) is 7.29. The molecule has 1 N–H and O–H groups in total. The number of hydrogen-bond acceptors (Lipinski definition) is 6. The molecule has 0 aliphatic heterocycles. The van der Waals surface area contributed by atoms with Gasteiger partial charge in [0.2, 0.25) is 5.82 Å². The number of fused-ring (bicyclic) bond motifs is 1. The van der Waals surface area contributed by atoms with E-state index in [2.05, 4.69) is 10.3 Å². The van der Waals surface area contributed by atoms with Crippen LogP contribution in [0.15, 0.2) is 23.0 Å². The van der Waals surface area contributed by atoms with E-state index in [4.69, 9.17) is 0 Å². The van der Waals surface area contributed by atoms with Crippen LogP contribution in [0, 0.1) is 17.0 Å². The summed E-state index contributed by atoms with van der Waals surface area (Å²) < 4.78 is 1.49. The van der Waals surface area contributed by atoms with Gasteiger partial charge in [0.1, 0.15) is 6.20 Å². The van der Waals surface area contributed by atoms with Crippen molar-refractivity contribution in [1.82, 2.24) is 9.38 Å². The maximum Gasteiger partial charge on any atom is 0.372 e. The van der Waals surface area contributed by atoms with Crippen molar-refractivity contribution in [3.05, 3.63) is 43.6 Å². The van der Waals surface area contributed by atoms with Gasteiger partial charge in [0.25, 0.3) is 4.96 Å². The largest absolute Gasteiger partial charge is 0.372 e. The molecule has 98 valence electrons. The molecule has 0 radical (unpaired) electrons. The van der Waals surface area contributed by atoms with E-state index in [1.54, 1.807) is 22.9 Å². The van der Waals surface area contributed by atoms with Crippen LogP contribution in [-0.4, -0.2) is 14.3 Å². The summed E-state index contributed by atoms with van der Waals surface area (Å²) in [6.07, 6.45) is 1.66. The smallest absolute Gasteiger partial charge is 0.358 e. The molecule has 8 heteroatoms. The molecule has 0 aliphatic rings. The number of aryl methyl sites for hydroxylation is 1. The average molecular weight is 294 g/mol. The second-order valence-electron chi connectivity index (χ2n) is 3.98. The van der Waals surface area contributed by atoms with Gasteiger partial charge in [0.05, 0.1) is 6.54 Å². The second kappa shape index (κ2) is 4.63. The lowest BCUT2D eigenvalue weighted by molar-refractivity contribution is -0.389. The third-order valence-electron chi connectivity index (χ3n) is 2.79. The molecule has 3 aromatic heterocycles. The van der Waals surface area contributed by atoms with Gasteiger partial charge in [-0.25, -0.2) is 0 Å². The van der Waals surface area contributed by atoms with Gasteiger partial charge in [-0.15, -0.1) is 11.3 Å². The van der Waals surface area contributed by atoms with Crippen molar-refractivity contribution in [3.8, 4) is 0 Å². The van der Waals surface area contributed by atoms with E-state index in [1.807, 2.05) is 18.4 Å². The molecule has 0 aliphatic carbocycles. The van der Waals surface area contributed by atoms with Gasteiger partial charge in [0, 0.05) is 10.3 Å². The Hall–Kier alpha value is -1.93. The van der Waals surface area contributed by atoms with Crippen molar-refractivity contribution in [2.45, 2.75) is 13.5 Å². The maximum absolute atomic E-state index is 11.1. The van der Waals surface area contributed by atoms with Crippen molar-refractivity contribution in [3.63, 3.8) is 0 Å². The van der Waals surface area contributed by atoms with Gasteiger partial charge in [-0.2, -0.15) is 9.38 Å². The molecule has 0 bridgehead atoms. The molecular formula is C11H10N4O2S2. The maximum atomic E-state index is 11.1. The van der Waals surface area contributed by atoms with Crippen LogP contribution in [0.3, 0.4) is 0 Å². The highest BCUT2D eigenvalue weighted by molar-refractivity contribution is 7.15. The molecule has 3 rings (SSSR count). The Bertz CT molecular complexity index is 743. The fourth-order valence-corrected chi connectivity index (χ4v) is 3.37. The number of imidazole rings is 1. The Morgan fingerprint density at radius 2 is 2.32 bits per heavy atom. The van der Waals surface area contributed by atoms with Crippen LogP contribution in [0.5, 0.6) is 0 Å². The van der Waals surface area contributed by atoms with Gasteiger partial charge in [-0.3, -0.25) is 0 Å². The van der Waals surface area contributed by atoms with E-state index in [0.717, 1.165) is 4.88 Å². The minimum Gasteiger partial charge on any atom is -0.358 e. The normalized spacial score (nSPS) is 11.0. The van der Waals surface area contributed by atoms with Gasteiger partial charge in [-0.05, 0) is 28.9 Å². The standard InChI is InChI=1S/C11H10N4O2S2/c1-7-2-4-18-8(7)6-12-9-10(15(16)17)14-3-5-19-11(14)13-9/h2-5,12H,6H2,1H3. The molecule has 6 nitrogen and oxygen atoms in total. The number of anilines is 1. The number of rotatable bonds is 4. The second-order valence-corrected chi connectivity index (χ2v) is 5.85. The Morgan fingerprint density at radius 3 is 3.00 bits per heavy atom. The summed E-state index contributed by atoms with van der Waals surface area (Å²) >= 11 is 3.00. The van der Waals surface area contributed by atoms with E-state index < -0.39 is 4.92 Å². The third kappa shape index (κ3) is 2.08. The summed E-state index contributed by atoms with van der Waals surface area (Å²) in [4.78, 5) is 16.8. The number of nitrogens with one attached hydrogen (secondary N) is 1. The fourth-order valence-electron chi connectivity index (χ4n) is 1.82. The predicted octanol–water partition coefficient (Wildman–Crippen LogP) is 3.29. The summed E-state index contributed by atoms with van der Waals surface area (Å²) in [5, 5.41) is 18.0. The Labute approximate surface area is 116 Å². The first kappa shape index (κ1) is 12.1. The Kier molecular flexibility index (Phi) is 2.96. The molecule has 0 atom stereocenters. The SMILES string of the molecule is Cc1ccsc1CNc1nc2sccn2c1[N+](=O)[O-]. The zero-order chi connectivity index (χ0) is 13.4. The summed E-state index contributed by atoms with van der Waals surface area (Å²) in [6, 6.07) is 2.03. The molecule has 0 aromatic carbocycles. The quantitative estimate of drug-likeness (QED) is 0.592. The predicted molar refractivity (Wildman–Crippen MR) is 76.1 cm³/mol. The fraction of sp³-hybridized carbons (Fsp3) is 0.182. The highest BCUT2D eigenvalue weighted by atomic mass is 32.1. The summed E-state index contributed by atoms with van der Waals surface area (Å²) in [6.45, 7) is 2.57. The van der Waals surface area contributed by atoms with E-state index in [0.29, 0.717) is 17.3 Å². The lowest BCUT2D eigenvalue weighted by Gasteiger charge is -2.02. The first-order valence-electron chi connectivity index (χ1n) is 5.53. The molecule has 0 spiro atoms. The Balaban J connectivity index is 1.92. The molecule has 3 aromatic rings. The highest BCUT2D eigenvalue weighted by Gasteiger charge is 2.23. The summed E-state index contributed by atoms with van der Waals surface area (Å²) in [5.41, 5.74) is 1.18. The van der Waals surface area contributed by atoms with Gasteiger partial charge in [-0.1, -0.05) is 11.3 Å². The molecule has 0 fully saturated rings. The number of nitrogens with zero attached hydrogens (tertiary/aromatic N) is 3. The summed E-state index contributed by atoms with van der Waals surface area (Å²) in [7, 11) is 0. The van der Waals surface area contributed by atoms with Crippen LogP contribution in [0.4, 0.5) is 11.6 Å². The van der Waals surface area contributed by atoms with Crippen LogP contribution < -0.4 is 5.32 Å². The lowest BCUT2D eigenvalue weighted by Crippen LogP contribution is -2.02. The van der Waals surface area contributed by atoms with Gasteiger partial charge in [0.15, 0.2) is 0 Å². The molecule has 3 heterocycles. The minimum atomic E-state index is -0.406. The number of nitro groups is 1. The molecule has 0 saturated carbocycles. The number of aromatic nitrogens is 2. The molecular weight excluding hydrogens is 284 g/mol. The van der Waals surface area contributed by atoms with Crippen LogP contribution in [-0.2, 0) is 6.54 Å². The minimum absolute atomic E-state index is 0.00883. The van der Waals surface area contributed by atoms with E-state index >= 15 is 0 Å². The van der Waals surface area contributed by atoms with E-state index in [-0.39, 0.29) is 5.82 Å². The number of hydrogen-bond donors (Lipinski definition) is 1. The van der Waals surface area contributed by atoms with Crippen molar-refractivity contribution in [2.24, 2.45) is 0 Å². The van der Waals surface area contributed by atoms with E-state index in [1.165, 1.54) is 21.3 Å². The van der Waals surface area contributed by atoms with Crippen molar-refractivity contribution in [2.75, 3.05) is 5.32 Å². The van der Waals surface area contributed by atoms with Crippen LogP contribution in [0.1, 0.15) is 10.4 Å². The number of thiophene rings is 1. The Morgan fingerprint density at radius 1 is 1.47 bits per heavy atom. The average Bonchev–Trinajstić information content (AvgIpc) is 3.00. The number of thiazole rings is 1. The summed E-state index contributed by atoms with van der Waals surface area (Å²) in [5.74, 6) is 0.315. The third-order valence-corrected chi connectivity index (χ3v) is 4.57. The zero-order valence-corrected chi connectivity index (χ0v) is 11.6. The topological polar surface area (TPSA) is 72.5 Å². The first-order chi connectivity index (χ1) is 9.16. The lowest BCUT2D eigenvalue weighted by atomic mass is 10.3. The molecule has 0 amide bonds. The molecule has 0 saturated heterocycles. The van der Waals surface area contributed by atoms with Crippen LogP contribution in [0.2, 0.25) is 0 Å². The van der Waals surface area contributed by atoms with Crippen molar-refractivity contribution >= 4 is 39.3 Å². The van der Waals surface area contributed by atoms with Gasteiger partial charge < -0.3 is 15.4 Å². The van der Waals surface area contributed by atoms with Crippen LogP contribution in [0.25, 0.3) is 4.96 Å².